The van der Waals surface area contributed by atoms with Gasteiger partial charge in [-0.2, -0.15) is 0 Å². The van der Waals surface area contributed by atoms with Gasteiger partial charge in [-0.15, -0.1) is 0 Å². The second-order valence-corrected chi connectivity index (χ2v) is 7.44. The Hall–Kier alpha value is -1.30. The zero-order valence-corrected chi connectivity index (χ0v) is 14.5. The molecule has 1 fully saturated rings. The monoisotopic (exact) mass is 341 g/mol. The zero-order valence-electron chi connectivity index (χ0n) is 13.8. The lowest BCUT2D eigenvalue weighted by Crippen LogP contribution is -2.51. The highest BCUT2D eigenvalue weighted by atomic mass is 35.5. The summed E-state index contributed by atoms with van der Waals surface area (Å²) in [6.07, 6.45) is -0.962. The van der Waals surface area contributed by atoms with Crippen molar-refractivity contribution in [3.05, 3.63) is 34.9 Å². The molecule has 1 aliphatic heterocycles. The molecule has 1 aromatic rings. The second kappa shape index (κ2) is 6.67. The number of aliphatic hydroxyl groups excluding tert-OH is 1. The smallest absolute Gasteiger partial charge is 0.410 e. The highest BCUT2D eigenvalue weighted by Gasteiger charge is 2.43. The third-order valence-electron chi connectivity index (χ3n) is 4.22. The molecule has 5 nitrogen and oxygen atoms in total. The van der Waals surface area contributed by atoms with Gasteiger partial charge in [-0.3, -0.25) is 0 Å². The van der Waals surface area contributed by atoms with E-state index in [1.54, 1.807) is 17.0 Å². The fourth-order valence-electron chi connectivity index (χ4n) is 2.89. The second-order valence-electron chi connectivity index (χ2n) is 7.00. The molecular formula is C17H24ClNO4. The Kier molecular flexibility index (Phi) is 5.23. The lowest BCUT2D eigenvalue weighted by atomic mass is 9.72. The summed E-state index contributed by atoms with van der Waals surface area (Å²) in [5, 5.41) is 20.5. The van der Waals surface area contributed by atoms with Gasteiger partial charge in [0.25, 0.3) is 0 Å². The van der Waals surface area contributed by atoms with Gasteiger partial charge in [0.15, 0.2) is 6.29 Å². The van der Waals surface area contributed by atoms with E-state index in [9.17, 15) is 15.0 Å². The quantitative estimate of drug-likeness (QED) is 0.811. The van der Waals surface area contributed by atoms with Crippen molar-refractivity contribution in [2.75, 3.05) is 13.1 Å². The van der Waals surface area contributed by atoms with E-state index in [0.29, 0.717) is 31.0 Å². The minimum atomic E-state index is -1.50. The molecule has 2 rings (SSSR count). The van der Waals surface area contributed by atoms with Crippen molar-refractivity contribution in [3.63, 3.8) is 0 Å². The van der Waals surface area contributed by atoms with Gasteiger partial charge in [-0.1, -0.05) is 23.7 Å². The van der Waals surface area contributed by atoms with Crippen LogP contribution in [0, 0.1) is 0 Å². The Bertz CT molecular complexity index is 543. The fraction of sp³-hybridized carbons (Fsp3) is 0.588. The molecule has 0 atom stereocenters. The van der Waals surface area contributed by atoms with Crippen LogP contribution in [-0.2, 0) is 10.2 Å². The summed E-state index contributed by atoms with van der Waals surface area (Å²) in [6.45, 7) is 6.29. The lowest BCUT2D eigenvalue weighted by Gasteiger charge is -2.43. The largest absolute Gasteiger partial charge is 0.444 e. The van der Waals surface area contributed by atoms with Gasteiger partial charge in [0.05, 0.1) is 0 Å². The van der Waals surface area contributed by atoms with Gasteiger partial charge in [-0.05, 0) is 51.3 Å². The number of hydrogen-bond donors (Lipinski definition) is 2. The third kappa shape index (κ3) is 4.16. The van der Waals surface area contributed by atoms with Gasteiger partial charge in [0.2, 0.25) is 0 Å². The number of amides is 1. The molecule has 0 saturated carbocycles. The first kappa shape index (κ1) is 18.0. The molecule has 1 amide bonds. The molecule has 6 heteroatoms. The summed E-state index contributed by atoms with van der Waals surface area (Å²) in [6, 6.07) is 7.10. The van der Waals surface area contributed by atoms with Crippen molar-refractivity contribution in [3.8, 4) is 0 Å². The topological polar surface area (TPSA) is 70.0 Å². The van der Waals surface area contributed by atoms with Crippen molar-refractivity contribution < 1.29 is 19.7 Å². The first-order valence-corrected chi connectivity index (χ1v) is 8.12. The molecular weight excluding hydrogens is 318 g/mol. The predicted octanol–water partition coefficient (Wildman–Crippen LogP) is 2.92. The minimum absolute atomic E-state index is 0.366. The van der Waals surface area contributed by atoms with E-state index in [4.69, 9.17) is 16.3 Å². The van der Waals surface area contributed by atoms with Crippen LogP contribution in [0.4, 0.5) is 4.79 Å². The Morgan fingerprint density at radius 3 is 2.17 bits per heavy atom. The Morgan fingerprint density at radius 2 is 1.74 bits per heavy atom. The van der Waals surface area contributed by atoms with E-state index in [1.165, 1.54) is 0 Å². The SMILES string of the molecule is CC(C)(C)OC(=O)N1CCC(c2ccc(Cl)cc2)(C(O)O)CC1. The van der Waals surface area contributed by atoms with Crippen LogP contribution in [0.1, 0.15) is 39.2 Å². The molecule has 0 bridgehead atoms. The van der Waals surface area contributed by atoms with Crippen molar-refractivity contribution in [1.29, 1.82) is 0 Å². The average Bonchev–Trinajstić information content (AvgIpc) is 2.46. The zero-order chi connectivity index (χ0) is 17.3. The number of likely N-dealkylation sites (tertiary alicyclic amines) is 1. The van der Waals surface area contributed by atoms with Crippen molar-refractivity contribution in [1.82, 2.24) is 4.90 Å². The Balaban J connectivity index is 2.12. The van der Waals surface area contributed by atoms with Crippen LogP contribution in [0.25, 0.3) is 0 Å². The molecule has 1 aromatic carbocycles. The third-order valence-corrected chi connectivity index (χ3v) is 4.47. The summed E-state index contributed by atoms with van der Waals surface area (Å²) in [5.41, 5.74) is -0.512. The van der Waals surface area contributed by atoms with Gasteiger partial charge < -0.3 is 19.8 Å². The maximum absolute atomic E-state index is 12.1. The van der Waals surface area contributed by atoms with Crippen LogP contribution in [0.3, 0.4) is 0 Å². The first-order valence-electron chi connectivity index (χ1n) is 7.74. The van der Waals surface area contributed by atoms with Crippen LogP contribution in [0.15, 0.2) is 24.3 Å². The minimum Gasteiger partial charge on any atom is -0.444 e. The van der Waals surface area contributed by atoms with Gasteiger partial charge in [-0.25, -0.2) is 4.79 Å². The van der Waals surface area contributed by atoms with E-state index in [-0.39, 0.29) is 6.09 Å². The van der Waals surface area contributed by atoms with Crippen molar-refractivity contribution in [2.45, 2.75) is 50.9 Å². The average molecular weight is 342 g/mol. The molecule has 1 heterocycles. The highest BCUT2D eigenvalue weighted by Crippen LogP contribution is 2.38. The maximum atomic E-state index is 12.1. The number of rotatable bonds is 2. The molecule has 23 heavy (non-hydrogen) atoms. The molecule has 2 N–H and O–H groups in total. The Morgan fingerprint density at radius 1 is 1.22 bits per heavy atom. The number of ether oxygens (including phenoxy) is 1. The predicted molar refractivity (Wildman–Crippen MR) is 88.4 cm³/mol. The molecule has 1 saturated heterocycles. The standard InChI is InChI=1S/C17H24ClNO4/c1-16(2,3)23-15(22)19-10-8-17(9-11-19,14(20)21)12-4-6-13(18)7-5-12/h4-7,14,20-21H,8-11H2,1-3H3. The van der Waals surface area contributed by atoms with Crippen LogP contribution in [0.5, 0.6) is 0 Å². The van der Waals surface area contributed by atoms with E-state index in [2.05, 4.69) is 0 Å². The molecule has 0 spiro atoms. The summed E-state index contributed by atoms with van der Waals surface area (Å²) in [4.78, 5) is 13.7. The highest BCUT2D eigenvalue weighted by molar-refractivity contribution is 6.30. The number of halogens is 1. The van der Waals surface area contributed by atoms with E-state index >= 15 is 0 Å². The van der Waals surface area contributed by atoms with Gasteiger partial charge in [0, 0.05) is 23.5 Å². The number of aliphatic hydroxyl groups is 2. The number of benzene rings is 1. The van der Waals surface area contributed by atoms with Gasteiger partial charge in [0.1, 0.15) is 5.60 Å². The molecule has 0 aromatic heterocycles. The molecule has 1 aliphatic rings. The van der Waals surface area contributed by atoms with E-state index < -0.39 is 17.3 Å². The number of nitrogens with zero attached hydrogens (tertiary/aromatic N) is 1. The van der Waals surface area contributed by atoms with Gasteiger partial charge >= 0.3 is 6.09 Å². The summed E-state index contributed by atoms with van der Waals surface area (Å²) in [7, 11) is 0. The molecule has 0 aliphatic carbocycles. The Labute approximate surface area is 141 Å². The van der Waals surface area contributed by atoms with Crippen LogP contribution < -0.4 is 0 Å². The van der Waals surface area contributed by atoms with Crippen molar-refractivity contribution >= 4 is 17.7 Å². The lowest BCUT2D eigenvalue weighted by molar-refractivity contribution is -0.117. The first-order chi connectivity index (χ1) is 10.6. The van der Waals surface area contributed by atoms with Crippen molar-refractivity contribution in [2.24, 2.45) is 0 Å². The molecule has 0 radical (unpaired) electrons. The van der Waals surface area contributed by atoms with E-state index in [1.807, 2.05) is 32.9 Å². The van der Waals surface area contributed by atoms with Crippen LogP contribution >= 0.6 is 11.6 Å². The van der Waals surface area contributed by atoms with Crippen LogP contribution in [-0.4, -0.2) is 46.2 Å². The summed E-state index contributed by atoms with van der Waals surface area (Å²) in [5.74, 6) is 0. The molecule has 128 valence electrons. The number of carbonyl (C=O) groups excluding carboxylic acids is 1. The molecule has 0 unspecified atom stereocenters. The van der Waals surface area contributed by atoms with Crippen LogP contribution in [0.2, 0.25) is 5.02 Å². The number of piperidine rings is 1. The summed E-state index contributed by atoms with van der Waals surface area (Å²) < 4.78 is 5.37. The fourth-order valence-corrected chi connectivity index (χ4v) is 3.02. The normalized spacial score (nSPS) is 18.1. The summed E-state index contributed by atoms with van der Waals surface area (Å²) >= 11 is 5.91. The number of hydrogen-bond acceptors (Lipinski definition) is 4. The number of carbonyl (C=O) groups is 1. The van der Waals surface area contributed by atoms with E-state index in [0.717, 1.165) is 5.56 Å². The maximum Gasteiger partial charge on any atom is 0.410 e.